The quantitative estimate of drug-likeness (QED) is 0.751. The molecule has 2 atom stereocenters. The summed E-state index contributed by atoms with van der Waals surface area (Å²) in [7, 11) is -3.14. The first-order chi connectivity index (χ1) is 6.65. The van der Waals surface area contributed by atoms with Crippen LogP contribution in [-0.4, -0.2) is 26.3 Å². The van der Waals surface area contributed by atoms with Gasteiger partial charge in [-0.3, -0.25) is 0 Å². The average Bonchev–Trinajstić information content (AvgIpc) is 2.00. The first kappa shape index (κ1) is 12.9. The zero-order valence-corrected chi connectivity index (χ0v) is 10.8. The van der Waals surface area contributed by atoms with E-state index in [4.69, 9.17) is 5.73 Å². The van der Waals surface area contributed by atoms with Crippen LogP contribution >= 0.6 is 0 Å². The minimum atomic E-state index is -3.14. The van der Waals surface area contributed by atoms with E-state index in [-0.39, 0.29) is 29.2 Å². The van der Waals surface area contributed by atoms with E-state index in [1.54, 1.807) is 0 Å². The van der Waals surface area contributed by atoms with Crippen molar-refractivity contribution < 1.29 is 8.42 Å². The molecule has 1 aliphatic rings. The summed E-state index contributed by atoms with van der Waals surface area (Å²) in [5.74, 6) is 0.341. The molecule has 0 spiro atoms. The van der Waals surface area contributed by atoms with Crippen molar-refractivity contribution in [3.05, 3.63) is 0 Å². The number of hydrogen-bond acceptors (Lipinski definition) is 3. The Balaban J connectivity index is 2.57. The molecular weight excluding hydrogens is 212 g/mol. The third-order valence-electron chi connectivity index (χ3n) is 3.22. The van der Waals surface area contributed by atoms with Crippen molar-refractivity contribution in [1.82, 2.24) is 4.72 Å². The normalized spacial score (nSPS) is 30.3. The molecule has 1 rings (SSSR count). The van der Waals surface area contributed by atoms with Crippen LogP contribution < -0.4 is 10.5 Å². The van der Waals surface area contributed by atoms with E-state index in [0.29, 0.717) is 0 Å². The Morgan fingerprint density at radius 1 is 1.47 bits per heavy atom. The maximum atomic E-state index is 11.7. The minimum Gasteiger partial charge on any atom is -0.327 e. The molecule has 0 bridgehead atoms. The van der Waals surface area contributed by atoms with Gasteiger partial charge in [-0.05, 0) is 17.8 Å². The molecule has 5 heteroatoms. The van der Waals surface area contributed by atoms with Crippen molar-refractivity contribution in [3.63, 3.8) is 0 Å². The van der Waals surface area contributed by atoms with Gasteiger partial charge in [-0.15, -0.1) is 0 Å². The highest BCUT2D eigenvalue weighted by Crippen LogP contribution is 2.39. The van der Waals surface area contributed by atoms with Crippen LogP contribution in [0.15, 0.2) is 0 Å². The molecule has 0 saturated heterocycles. The second-order valence-electron chi connectivity index (χ2n) is 5.51. The first-order valence-corrected chi connectivity index (χ1v) is 7.06. The monoisotopic (exact) mass is 234 g/mol. The van der Waals surface area contributed by atoms with Gasteiger partial charge < -0.3 is 5.73 Å². The molecule has 0 aromatic carbocycles. The summed E-state index contributed by atoms with van der Waals surface area (Å²) < 4.78 is 26.1. The van der Waals surface area contributed by atoms with E-state index >= 15 is 0 Å². The molecule has 1 saturated carbocycles. The summed E-state index contributed by atoms with van der Waals surface area (Å²) >= 11 is 0. The lowest BCUT2D eigenvalue weighted by Gasteiger charge is -2.50. The lowest BCUT2D eigenvalue weighted by molar-refractivity contribution is 0.0903. The molecule has 90 valence electrons. The van der Waals surface area contributed by atoms with Gasteiger partial charge in [0.25, 0.3) is 0 Å². The molecule has 0 aliphatic heterocycles. The molecule has 0 radical (unpaired) electrons. The van der Waals surface area contributed by atoms with Gasteiger partial charge in [-0.1, -0.05) is 27.7 Å². The zero-order valence-electron chi connectivity index (χ0n) is 9.95. The van der Waals surface area contributed by atoms with Crippen LogP contribution in [0.1, 0.15) is 34.1 Å². The highest BCUT2D eigenvalue weighted by Gasteiger charge is 2.47. The number of nitrogens with one attached hydrogen (secondary N) is 1. The van der Waals surface area contributed by atoms with Crippen LogP contribution in [0.4, 0.5) is 0 Å². The molecule has 1 aliphatic carbocycles. The molecule has 15 heavy (non-hydrogen) atoms. The molecular formula is C10H22N2O2S. The number of rotatable bonds is 4. The second kappa shape index (κ2) is 4.03. The largest absolute Gasteiger partial charge is 0.327 e. The van der Waals surface area contributed by atoms with Crippen LogP contribution in [0.2, 0.25) is 0 Å². The molecule has 0 aromatic heterocycles. The van der Waals surface area contributed by atoms with E-state index in [2.05, 4.69) is 4.72 Å². The Bertz CT molecular complexity index is 322. The smallest absolute Gasteiger partial charge is 0.212 e. The summed E-state index contributed by atoms with van der Waals surface area (Å²) in [5, 5.41) is 0. The van der Waals surface area contributed by atoms with E-state index in [1.807, 2.05) is 27.7 Å². The standard InChI is InChI=1S/C10H22N2O2S/c1-7(2)6-15(13,14)12-9-5-8(11)10(9,3)4/h7-9,12H,5-6,11H2,1-4H3. The van der Waals surface area contributed by atoms with Gasteiger partial charge in [0.15, 0.2) is 0 Å². The van der Waals surface area contributed by atoms with Gasteiger partial charge >= 0.3 is 0 Å². The van der Waals surface area contributed by atoms with Crippen LogP contribution in [0.25, 0.3) is 0 Å². The zero-order chi connectivity index (χ0) is 11.9. The Labute approximate surface area is 92.7 Å². The molecule has 0 amide bonds. The fourth-order valence-corrected chi connectivity index (χ4v) is 3.67. The van der Waals surface area contributed by atoms with Crippen LogP contribution in [0.5, 0.6) is 0 Å². The van der Waals surface area contributed by atoms with Crippen molar-refractivity contribution in [2.24, 2.45) is 17.1 Å². The van der Waals surface area contributed by atoms with Crippen molar-refractivity contribution >= 4 is 10.0 Å². The third-order valence-corrected chi connectivity index (χ3v) is 4.97. The van der Waals surface area contributed by atoms with E-state index in [9.17, 15) is 8.42 Å². The average molecular weight is 234 g/mol. The maximum Gasteiger partial charge on any atom is 0.212 e. The number of sulfonamides is 1. The molecule has 3 N–H and O–H groups in total. The van der Waals surface area contributed by atoms with E-state index in [0.717, 1.165) is 6.42 Å². The van der Waals surface area contributed by atoms with Crippen LogP contribution in [-0.2, 0) is 10.0 Å². The number of hydrogen-bond donors (Lipinski definition) is 2. The van der Waals surface area contributed by atoms with Crippen molar-refractivity contribution in [2.45, 2.75) is 46.2 Å². The van der Waals surface area contributed by atoms with Gasteiger partial charge in [0, 0.05) is 12.1 Å². The SMILES string of the molecule is CC(C)CS(=O)(=O)NC1CC(N)C1(C)C. The van der Waals surface area contributed by atoms with Gasteiger partial charge in [0.1, 0.15) is 0 Å². The van der Waals surface area contributed by atoms with Gasteiger partial charge in [0.05, 0.1) is 5.75 Å². The summed E-state index contributed by atoms with van der Waals surface area (Å²) in [6.45, 7) is 7.81. The number of nitrogens with two attached hydrogens (primary N) is 1. The predicted molar refractivity (Wildman–Crippen MR) is 61.9 cm³/mol. The maximum absolute atomic E-state index is 11.7. The summed E-state index contributed by atoms with van der Waals surface area (Å²) in [5.41, 5.74) is 5.71. The lowest BCUT2D eigenvalue weighted by Crippen LogP contribution is -2.64. The van der Waals surface area contributed by atoms with E-state index in [1.165, 1.54) is 0 Å². The van der Waals surface area contributed by atoms with Crippen molar-refractivity contribution in [3.8, 4) is 0 Å². The fourth-order valence-electron chi connectivity index (χ4n) is 1.86. The molecule has 2 unspecified atom stereocenters. The van der Waals surface area contributed by atoms with Crippen LogP contribution in [0, 0.1) is 11.3 Å². The summed E-state index contributed by atoms with van der Waals surface area (Å²) in [6.07, 6.45) is 0.740. The molecule has 4 nitrogen and oxygen atoms in total. The Kier molecular flexibility index (Phi) is 3.48. The second-order valence-corrected chi connectivity index (χ2v) is 7.31. The summed E-state index contributed by atoms with van der Waals surface area (Å²) in [4.78, 5) is 0. The predicted octanol–water partition coefficient (Wildman–Crippen LogP) is 0.688. The minimum absolute atomic E-state index is 0.00347. The Hall–Kier alpha value is -0.130. The van der Waals surface area contributed by atoms with Crippen LogP contribution in [0.3, 0.4) is 0 Å². The van der Waals surface area contributed by atoms with Gasteiger partial charge in [-0.2, -0.15) is 0 Å². The first-order valence-electron chi connectivity index (χ1n) is 5.40. The highest BCUT2D eigenvalue weighted by molar-refractivity contribution is 7.89. The summed E-state index contributed by atoms with van der Waals surface area (Å²) in [6, 6.07) is 0.0977. The third kappa shape index (κ3) is 2.92. The molecule has 0 aromatic rings. The lowest BCUT2D eigenvalue weighted by atomic mass is 9.64. The molecule has 1 fully saturated rings. The van der Waals surface area contributed by atoms with Gasteiger partial charge in [0.2, 0.25) is 10.0 Å². The van der Waals surface area contributed by atoms with Crippen molar-refractivity contribution in [2.75, 3.05) is 5.75 Å². The highest BCUT2D eigenvalue weighted by atomic mass is 32.2. The topological polar surface area (TPSA) is 72.2 Å². The molecule has 0 heterocycles. The van der Waals surface area contributed by atoms with Crippen molar-refractivity contribution in [1.29, 1.82) is 0 Å². The Morgan fingerprint density at radius 2 is 2.00 bits per heavy atom. The van der Waals surface area contributed by atoms with Gasteiger partial charge in [-0.25, -0.2) is 13.1 Å². The van der Waals surface area contributed by atoms with E-state index < -0.39 is 10.0 Å². The Morgan fingerprint density at radius 3 is 2.33 bits per heavy atom. The fraction of sp³-hybridized carbons (Fsp3) is 1.00.